The highest BCUT2D eigenvalue weighted by Crippen LogP contribution is 2.29. The van der Waals surface area contributed by atoms with E-state index >= 15 is 0 Å². The second-order valence-electron chi connectivity index (χ2n) is 9.14. The minimum atomic E-state index is -0.653. The molecule has 1 N–H and O–H groups in total. The standard InChI is InChI=1S/C25H31N3O3/c1-25(2,30)17-27-13-10-19(11-14-27)22-9-8-20-12-15-28(23(20)26-22)16-18-4-6-21(7-5-18)24(29)31-3/h4-9,12,15,19,30H,10-11,13-14,16-17H2,1-3H3. The van der Waals surface area contributed by atoms with Gasteiger partial charge in [0.2, 0.25) is 0 Å². The van der Waals surface area contributed by atoms with Crippen LogP contribution in [-0.4, -0.2) is 57.9 Å². The maximum atomic E-state index is 11.6. The van der Waals surface area contributed by atoms with E-state index in [1.54, 1.807) is 12.1 Å². The Labute approximate surface area is 183 Å². The number of likely N-dealkylation sites (tertiary alicyclic amines) is 1. The molecule has 3 aromatic rings. The fraction of sp³-hybridized carbons (Fsp3) is 0.440. The predicted molar refractivity (Wildman–Crippen MR) is 121 cm³/mol. The fourth-order valence-corrected chi connectivity index (χ4v) is 4.42. The molecule has 0 saturated carbocycles. The third kappa shape index (κ3) is 5.14. The Kier molecular flexibility index (Phi) is 6.12. The number of rotatable bonds is 6. The lowest BCUT2D eigenvalue weighted by atomic mass is 9.92. The molecular weight excluding hydrogens is 390 g/mol. The van der Waals surface area contributed by atoms with Crippen molar-refractivity contribution < 1.29 is 14.6 Å². The number of hydrogen-bond donors (Lipinski definition) is 1. The molecule has 6 nitrogen and oxygen atoms in total. The number of benzene rings is 1. The van der Waals surface area contributed by atoms with E-state index in [9.17, 15) is 9.90 Å². The lowest BCUT2D eigenvalue weighted by Crippen LogP contribution is -2.42. The van der Waals surface area contributed by atoms with Gasteiger partial charge in [0.1, 0.15) is 5.65 Å². The zero-order valence-corrected chi connectivity index (χ0v) is 18.5. The number of carbonyl (C=O) groups is 1. The molecule has 1 saturated heterocycles. The van der Waals surface area contributed by atoms with Crippen LogP contribution in [0.1, 0.15) is 54.2 Å². The number of hydrogen-bond acceptors (Lipinski definition) is 5. The molecule has 2 aromatic heterocycles. The summed E-state index contributed by atoms with van der Waals surface area (Å²) < 4.78 is 6.93. The minimum absolute atomic E-state index is 0.321. The van der Waals surface area contributed by atoms with Crippen molar-refractivity contribution in [3.05, 3.63) is 65.5 Å². The predicted octanol–water partition coefficient (Wildman–Crippen LogP) is 3.82. The van der Waals surface area contributed by atoms with E-state index in [1.165, 1.54) is 7.11 Å². The number of aliphatic hydroxyl groups is 1. The maximum absolute atomic E-state index is 11.6. The van der Waals surface area contributed by atoms with Gasteiger partial charge in [0.05, 0.1) is 18.3 Å². The van der Waals surface area contributed by atoms with Gasteiger partial charge in [-0.1, -0.05) is 12.1 Å². The molecule has 1 aliphatic heterocycles. The van der Waals surface area contributed by atoms with Crippen molar-refractivity contribution >= 4 is 17.0 Å². The van der Waals surface area contributed by atoms with E-state index in [0.717, 1.165) is 48.2 Å². The number of piperidine rings is 1. The van der Waals surface area contributed by atoms with E-state index in [0.29, 0.717) is 24.6 Å². The van der Waals surface area contributed by atoms with Crippen molar-refractivity contribution in [2.45, 2.75) is 44.8 Å². The Bertz CT molecular complexity index is 1040. The van der Waals surface area contributed by atoms with Crippen LogP contribution >= 0.6 is 0 Å². The molecule has 0 aliphatic carbocycles. The summed E-state index contributed by atoms with van der Waals surface area (Å²) in [4.78, 5) is 19.0. The first-order valence-corrected chi connectivity index (χ1v) is 10.9. The fourth-order valence-electron chi connectivity index (χ4n) is 4.42. The molecular formula is C25H31N3O3. The molecule has 0 bridgehead atoms. The summed E-state index contributed by atoms with van der Waals surface area (Å²) in [7, 11) is 1.39. The molecule has 1 aliphatic rings. The largest absolute Gasteiger partial charge is 0.465 e. The van der Waals surface area contributed by atoms with Gasteiger partial charge in [0.25, 0.3) is 0 Å². The monoisotopic (exact) mass is 421 g/mol. The highest BCUT2D eigenvalue weighted by molar-refractivity contribution is 5.89. The van der Waals surface area contributed by atoms with Crippen LogP contribution in [0.2, 0.25) is 0 Å². The summed E-state index contributed by atoms with van der Waals surface area (Å²) >= 11 is 0. The topological polar surface area (TPSA) is 67.6 Å². The normalized spacial score (nSPS) is 16.0. The Morgan fingerprint density at radius 3 is 2.48 bits per heavy atom. The van der Waals surface area contributed by atoms with Crippen molar-refractivity contribution in [2.24, 2.45) is 0 Å². The summed E-state index contributed by atoms with van der Waals surface area (Å²) in [5, 5.41) is 11.2. The lowest BCUT2D eigenvalue weighted by Gasteiger charge is -2.35. The van der Waals surface area contributed by atoms with Gasteiger partial charge < -0.3 is 19.3 Å². The van der Waals surface area contributed by atoms with Crippen molar-refractivity contribution in [2.75, 3.05) is 26.7 Å². The molecule has 0 amide bonds. The Hall–Kier alpha value is -2.70. The Morgan fingerprint density at radius 1 is 1.13 bits per heavy atom. The zero-order valence-electron chi connectivity index (χ0n) is 18.5. The van der Waals surface area contributed by atoms with Gasteiger partial charge in [0.15, 0.2) is 0 Å². The van der Waals surface area contributed by atoms with Crippen LogP contribution < -0.4 is 0 Å². The van der Waals surface area contributed by atoms with Gasteiger partial charge in [0, 0.05) is 36.3 Å². The number of β-amino-alcohol motifs (C(OH)–C–C–N with tert-alkyl or cyclic N) is 1. The zero-order chi connectivity index (χ0) is 22.0. The van der Waals surface area contributed by atoms with Crippen molar-refractivity contribution in [1.82, 2.24) is 14.5 Å². The lowest BCUT2D eigenvalue weighted by molar-refractivity contribution is 0.0280. The molecule has 1 aromatic carbocycles. The van der Waals surface area contributed by atoms with Crippen molar-refractivity contribution in [3.8, 4) is 0 Å². The number of esters is 1. The Morgan fingerprint density at radius 2 is 1.84 bits per heavy atom. The third-order valence-electron chi connectivity index (χ3n) is 5.98. The summed E-state index contributed by atoms with van der Waals surface area (Å²) in [6.07, 6.45) is 4.19. The van der Waals surface area contributed by atoms with Crippen molar-refractivity contribution in [3.63, 3.8) is 0 Å². The van der Waals surface area contributed by atoms with Gasteiger partial charge in [-0.2, -0.15) is 0 Å². The molecule has 4 rings (SSSR count). The van der Waals surface area contributed by atoms with Gasteiger partial charge in [-0.25, -0.2) is 9.78 Å². The van der Waals surface area contributed by atoms with E-state index in [4.69, 9.17) is 9.72 Å². The van der Waals surface area contributed by atoms with Crippen LogP contribution in [0.5, 0.6) is 0 Å². The van der Waals surface area contributed by atoms with Crippen LogP contribution in [-0.2, 0) is 11.3 Å². The van der Waals surface area contributed by atoms with Gasteiger partial charge in [-0.05, 0) is 75.7 Å². The van der Waals surface area contributed by atoms with Crippen LogP contribution in [0, 0.1) is 0 Å². The smallest absolute Gasteiger partial charge is 0.337 e. The molecule has 1 fully saturated rings. The summed E-state index contributed by atoms with van der Waals surface area (Å²) in [6.45, 7) is 7.12. The third-order valence-corrected chi connectivity index (χ3v) is 5.98. The average molecular weight is 422 g/mol. The van der Waals surface area contributed by atoms with Crippen LogP contribution in [0.15, 0.2) is 48.7 Å². The van der Waals surface area contributed by atoms with Crippen LogP contribution in [0.4, 0.5) is 0 Å². The van der Waals surface area contributed by atoms with Gasteiger partial charge >= 0.3 is 5.97 Å². The van der Waals surface area contributed by atoms with Gasteiger partial charge in [-0.3, -0.25) is 0 Å². The number of pyridine rings is 1. The molecule has 0 radical (unpaired) electrons. The average Bonchev–Trinajstić information content (AvgIpc) is 3.15. The number of methoxy groups -OCH3 is 1. The molecule has 164 valence electrons. The highest BCUT2D eigenvalue weighted by Gasteiger charge is 2.25. The molecule has 3 heterocycles. The molecule has 0 spiro atoms. The first-order valence-electron chi connectivity index (χ1n) is 10.9. The number of ether oxygens (including phenoxy) is 1. The van der Waals surface area contributed by atoms with E-state index in [-0.39, 0.29) is 5.97 Å². The summed E-state index contributed by atoms with van der Waals surface area (Å²) in [5.74, 6) is 0.128. The Balaban J connectivity index is 1.47. The summed E-state index contributed by atoms with van der Waals surface area (Å²) in [5.41, 5.74) is 3.15. The highest BCUT2D eigenvalue weighted by atomic mass is 16.5. The minimum Gasteiger partial charge on any atom is -0.465 e. The second kappa shape index (κ2) is 8.81. The number of nitrogens with zero attached hydrogens (tertiary/aromatic N) is 3. The maximum Gasteiger partial charge on any atom is 0.337 e. The number of aromatic nitrogens is 2. The van der Waals surface area contributed by atoms with Crippen LogP contribution in [0.3, 0.4) is 0 Å². The van der Waals surface area contributed by atoms with E-state index in [2.05, 4.69) is 33.9 Å². The molecule has 6 heteroatoms. The first-order chi connectivity index (χ1) is 14.8. The van der Waals surface area contributed by atoms with E-state index < -0.39 is 5.60 Å². The SMILES string of the molecule is COC(=O)c1ccc(Cn2ccc3ccc(C4CCN(CC(C)(C)O)CC4)nc32)cc1. The number of carbonyl (C=O) groups excluding carboxylic acids is 1. The van der Waals surface area contributed by atoms with E-state index in [1.807, 2.05) is 26.0 Å². The quantitative estimate of drug-likeness (QED) is 0.613. The molecule has 31 heavy (non-hydrogen) atoms. The summed E-state index contributed by atoms with van der Waals surface area (Å²) in [6, 6.07) is 13.9. The van der Waals surface area contributed by atoms with Crippen LogP contribution in [0.25, 0.3) is 11.0 Å². The van der Waals surface area contributed by atoms with Gasteiger partial charge in [-0.15, -0.1) is 0 Å². The first kappa shape index (κ1) is 21.5. The van der Waals surface area contributed by atoms with Crippen molar-refractivity contribution in [1.29, 1.82) is 0 Å². The number of fused-ring (bicyclic) bond motifs is 1. The molecule has 0 atom stereocenters. The second-order valence-corrected chi connectivity index (χ2v) is 9.14. The molecule has 0 unspecified atom stereocenters.